The first kappa shape index (κ1) is 17.1. The van der Waals surface area contributed by atoms with Gasteiger partial charge in [-0.2, -0.15) is 0 Å². The van der Waals surface area contributed by atoms with Gasteiger partial charge in [0.05, 0.1) is 11.0 Å². The predicted octanol–water partition coefficient (Wildman–Crippen LogP) is 1.87. The predicted molar refractivity (Wildman–Crippen MR) is 103 cm³/mol. The summed E-state index contributed by atoms with van der Waals surface area (Å²) in [5, 5.41) is 5.69. The van der Waals surface area contributed by atoms with Gasteiger partial charge in [-0.1, -0.05) is 18.2 Å². The van der Waals surface area contributed by atoms with Gasteiger partial charge in [-0.3, -0.25) is 18.7 Å². The largest absolute Gasteiger partial charge is 0.349 e. The molecule has 0 atom stereocenters. The zero-order valence-electron chi connectivity index (χ0n) is 14.9. The van der Waals surface area contributed by atoms with Crippen LogP contribution in [0.15, 0.2) is 53.3 Å². The van der Waals surface area contributed by atoms with E-state index >= 15 is 0 Å². The molecule has 1 aromatic heterocycles. The molecule has 0 radical (unpaired) electrons. The van der Waals surface area contributed by atoms with Gasteiger partial charge in [0, 0.05) is 24.3 Å². The molecule has 1 saturated carbocycles. The standard InChI is InChI=1S/C20H20N4O3/c1-23-16-7-2-3-8-17(16)24(20(23)27)12-18(25)21-15-6-4-5-13(11-15)19(26)22-14-9-10-14/h2-8,11,14H,9-10,12H2,1H3,(H,21,25)(H,22,26). The van der Waals surface area contributed by atoms with Crippen LogP contribution in [0, 0.1) is 0 Å². The SMILES string of the molecule is Cn1c(=O)n(CC(=O)Nc2cccc(C(=O)NC3CC3)c2)c2ccccc21. The van der Waals surface area contributed by atoms with Crippen LogP contribution in [0.5, 0.6) is 0 Å². The molecule has 2 amide bonds. The van der Waals surface area contributed by atoms with Gasteiger partial charge in [0.1, 0.15) is 6.54 Å². The number of fused-ring (bicyclic) bond motifs is 1. The third-order valence-electron chi connectivity index (χ3n) is 4.67. The van der Waals surface area contributed by atoms with E-state index in [0.29, 0.717) is 16.8 Å². The molecule has 1 fully saturated rings. The molecule has 2 aromatic carbocycles. The molecule has 0 bridgehead atoms. The summed E-state index contributed by atoms with van der Waals surface area (Å²) >= 11 is 0. The summed E-state index contributed by atoms with van der Waals surface area (Å²) in [4.78, 5) is 37.0. The summed E-state index contributed by atoms with van der Waals surface area (Å²) < 4.78 is 2.96. The molecule has 0 unspecified atom stereocenters. The average Bonchev–Trinajstić information content (AvgIpc) is 3.45. The molecule has 0 spiro atoms. The van der Waals surface area contributed by atoms with Crippen LogP contribution in [0.25, 0.3) is 11.0 Å². The highest BCUT2D eigenvalue weighted by atomic mass is 16.2. The number of aryl methyl sites for hydroxylation is 1. The van der Waals surface area contributed by atoms with Crippen molar-refractivity contribution in [1.82, 2.24) is 14.5 Å². The number of benzene rings is 2. The number of carbonyl (C=O) groups is 2. The van der Waals surface area contributed by atoms with Gasteiger partial charge in [0.2, 0.25) is 5.91 Å². The summed E-state index contributed by atoms with van der Waals surface area (Å²) in [5.41, 5.74) is 2.26. The Morgan fingerprint density at radius 2 is 1.81 bits per heavy atom. The van der Waals surface area contributed by atoms with E-state index in [0.717, 1.165) is 18.4 Å². The summed E-state index contributed by atoms with van der Waals surface area (Å²) in [6, 6.07) is 14.4. The Labute approximate surface area is 155 Å². The number of imidazole rings is 1. The molecule has 1 aliphatic rings. The highest BCUT2D eigenvalue weighted by Crippen LogP contribution is 2.20. The first-order valence-electron chi connectivity index (χ1n) is 8.88. The number of hydrogen-bond donors (Lipinski definition) is 2. The lowest BCUT2D eigenvalue weighted by atomic mass is 10.2. The van der Waals surface area contributed by atoms with E-state index in [2.05, 4.69) is 10.6 Å². The molecule has 0 aliphatic heterocycles. The molecule has 1 heterocycles. The average molecular weight is 364 g/mol. The van der Waals surface area contributed by atoms with E-state index in [1.807, 2.05) is 24.3 Å². The number of anilines is 1. The number of nitrogens with one attached hydrogen (secondary N) is 2. The van der Waals surface area contributed by atoms with Crippen molar-refractivity contribution >= 4 is 28.5 Å². The van der Waals surface area contributed by atoms with Gasteiger partial charge in [0.15, 0.2) is 0 Å². The molecule has 7 heteroatoms. The monoisotopic (exact) mass is 364 g/mol. The van der Waals surface area contributed by atoms with Crippen molar-refractivity contribution in [2.75, 3.05) is 5.32 Å². The first-order valence-corrected chi connectivity index (χ1v) is 8.88. The van der Waals surface area contributed by atoms with Crippen LogP contribution < -0.4 is 16.3 Å². The number of rotatable bonds is 5. The zero-order valence-corrected chi connectivity index (χ0v) is 14.9. The molecule has 1 aliphatic carbocycles. The van der Waals surface area contributed by atoms with Crippen molar-refractivity contribution in [3.05, 3.63) is 64.6 Å². The molecule has 27 heavy (non-hydrogen) atoms. The maximum atomic E-state index is 12.5. The number of hydrogen-bond acceptors (Lipinski definition) is 3. The van der Waals surface area contributed by atoms with Gasteiger partial charge in [-0.15, -0.1) is 0 Å². The molecule has 7 nitrogen and oxygen atoms in total. The van der Waals surface area contributed by atoms with Crippen molar-refractivity contribution in [3.8, 4) is 0 Å². The van der Waals surface area contributed by atoms with Crippen molar-refractivity contribution < 1.29 is 9.59 Å². The Hall–Kier alpha value is -3.35. The fourth-order valence-corrected chi connectivity index (χ4v) is 3.09. The molecular formula is C20H20N4O3. The highest BCUT2D eigenvalue weighted by molar-refractivity contribution is 5.97. The van der Waals surface area contributed by atoms with Crippen LogP contribution >= 0.6 is 0 Å². The van der Waals surface area contributed by atoms with Crippen molar-refractivity contribution in [2.24, 2.45) is 7.05 Å². The molecule has 2 N–H and O–H groups in total. The topological polar surface area (TPSA) is 85.1 Å². The van der Waals surface area contributed by atoms with Crippen LogP contribution in [0.4, 0.5) is 5.69 Å². The van der Waals surface area contributed by atoms with Gasteiger partial charge in [-0.25, -0.2) is 4.79 Å². The van der Waals surface area contributed by atoms with Crippen LogP contribution in [0.2, 0.25) is 0 Å². The lowest BCUT2D eigenvalue weighted by Gasteiger charge is -2.08. The van der Waals surface area contributed by atoms with E-state index in [9.17, 15) is 14.4 Å². The Morgan fingerprint density at radius 3 is 2.56 bits per heavy atom. The van der Waals surface area contributed by atoms with Crippen molar-refractivity contribution in [1.29, 1.82) is 0 Å². The minimum Gasteiger partial charge on any atom is -0.349 e. The summed E-state index contributed by atoms with van der Waals surface area (Å²) in [5.74, 6) is -0.466. The lowest BCUT2D eigenvalue weighted by Crippen LogP contribution is -2.28. The Kier molecular flexibility index (Phi) is 4.27. The fourth-order valence-electron chi connectivity index (χ4n) is 3.09. The van der Waals surface area contributed by atoms with Crippen LogP contribution in [-0.4, -0.2) is 27.0 Å². The van der Waals surface area contributed by atoms with E-state index in [4.69, 9.17) is 0 Å². The minimum atomic E-state index is -0.326. The third-order valence-corrected chi connectivity index (χ3v) is 4.67. The van der Waals surface area contributed by atoms with Crippen molar-refractivity contribution in [3.63, 3.8) is 0 Å². The maximum absolute atomic E-state index is 12.5. The summed E-state index contributed by atoms with van der Waals surface area (Å²) in [6.07, 6.45) is 2.03. The van der Waals surface area contributed by atoms with E-state index in [1.54, 1.807) is 31.3 Å². The lowest BCUT2D eigenvalue weighted by molar-refractivity contribution is -0.116. The second-order valence-electron chi connectivity index (χ2n) is 6.79. The van der Waals surface area contributed by atoms with Crippen molar-refractivity contribution in [2.45, 2.75) is 25.4 Å². The summed E-state index contributed by atoms with van der Waals surface area (Å²) in [6.45, 7) is -0.0985. The van der Waals surface area contributed by atoms with Gasteiger partial charge in [0.25, 0.3) is 5.91 Å². The normalized spacial score (nSPS) is 13.5. The van der Waals surface area contributed by atoms with E-state index < -0.39 is 0 Å². The van der Waals surface area contributed by atoms with Gasteiger partial charge in [-0.05, 0) is 43.2 Å². The molecule has 138 valence electrons. The summed E-state index contributed by atoms with van der Waals surface area (Å²) in [7, 11) is 1.68. The van der Waals surface area contributed by atoms with Crippen LogP contribution in [-0.2, 0) is 18.4 Å². The number of para-hydroxylation sites is 2. The highest BCUT2D eigenvalue weighted by Gasteiger charge is 2.23. The first-order chi connectivity index (χ1) is 13.0. The zero-order chi connectivity index (χ0) is 19.0. The molecule has 3 aromatic rings. The second-order valence-corrected chi connectivity index (χ2v) is 6.79. The number of amides is 2. The number of nitrogens with zero attached hydrogens (tertiary/aromatic N) is 2. The van der Waals surface area contributed by atoms with Crippen LogP contribution in [0.3, 0.4) is 0 Å². The minimum absolute atomic E-state index is 0.0985. The van der Waals surface area contributed by atoms with E-state index in [1.165, 1.54) is 9.13 Å². The Balaban J connectivity index is 1.51. The smallest absolute Gasteiger partial charge is 0.329 e. The maximum Gasteiger partial charge on any atom is 0.329 e. The third kappa shape index (κ3) is 3.48. The Morgan fingerprint density at radius 1 is 1.07 bits per heavy atom. The van der Waals surface area contributed by atoms with Gasteiger partial charge >= 0.3 is 5.69 Å². The van der Waals surface area contributed by atoms with E-state index in [-0.39, 0.29) is 30.1 Å². The number of aromatic nitrogens is 2. The van der Waals surface area contributed by atoms with Crippen LogP contribution in [0.1, 0.15) is 23.2 Å². The quantitative estimate of drug-likeness (QED) is 0.725. The second kappa shape index (κ2) is 6.75. The van der Waals surface area contributed by atoms with Gasteiger partial charge < -0.3 is 10.6 Å². The molecular weight excluding hydrogens is 344 g/mol. The number of carbonyl (C=O) groups excluding carboxylic acids is 2. The fraction of sp³-hybridized carbons (Fsp3) is 0.250. The molecule has 0 saturated heterocycles. The molecule has 4 rings (SSSR count). The Bertz CT molecular complexity index is 1090.